The third kappa shape index (κ3) is 28.2. The summed E-state index contributed by atoms with van der Waals surface area (Å²) in [4.78, 5) is 9.48. The molecule has 0 aliphatic heterocycles. The minimum atomic E-state index is -0.495. The summed E-state index contributed by atoms with van der Waals surface area (Å²) >= 11 is 4.36. The van der Waals surface area contributed by atoms with Gasteiger partial charge in [-0.05, 0) is 12.2 Å². The fourth-order valence-corrected chi connectivity index (χ4v) is 0. The molecule has 0 heterocycles. The van der Waals surface area contributed by atoms with Crippen LogP contribution in [0.3, 0.4) is 0 Å². The first kappa shape index (κ1) is 11.7. The molecular formula is C4H12N4OS. The molecule has 0 atom stereocenters. The van der Waals surface area contributed by atoms with Gasteiger partial charge < -0.3 is 22.1 Å². The van der Waals surface area contributed by atoms with E-state index < -0.39 is 6.03 Å². The summed E-state index contributed by atoms with van der Waals surface area (Å²) in [6, 6.07) is -0.495. The molecule has 0 rings (SSSR count). The Morgan fingerprint density at radius 1 is 1.30 bits per heavy atom. The van der Waals surface area contributed by atoms with E-state index in [-0.39, 0.29) is 0 Å². The molecule has 10 heavy (non-hydrogen) atoms. The van der Waals surface area contributed by atoms with Crippen molar-refractivity contribution in [3.63, 3.8) is 0 Å². The molecule has 0 aliphatic carbocycles. The van der Waals surface area contributed by atoms with Gasteiger partial charge in [0.2, 0.25) is 0 Å². The number of rotatable bonds is 0. The normalized spacial score (nSPS) is 6.60. The lowest BCUT2D eigenvalue weighted by molar-refractivity contribution is 0.251. The van der Waals surface area contributed by atoms with Crippen LogP contribution in [0.1, 0.15) is 0 Å². The molecule has 0 bridgehead atoms. The summed E-state index contributed by atoms with van der Waals surface area (Å²) in [5.41, 5.74) is 9.45. The highest BCUT2D eigenvalue weighted by molar-refractivity contribution is 7.80. The van der Waals surface area contributed by atoms with Gasteiger partial charge in [-0.25, -0.2) is 4.79 Å². The van der Waals surface area contributed by atoms with Gasteiger partial charge in [0.25, 0.3) is 0 Å². The summed E-state index contributed by atoms with van der Waals surface area (Å²) in [6.45, 7) is 0. The monoisotopic (exact) mass is 164 g/mol. The van der Waals surface area contributed by atoms with Crippen LogP contribution in [0.5, 0.6) is 0 Å². The van der Waals surface area contributed by atoms with Crippen LogP contribution in [0, 0.1) is 0 Å². The van der Waals surface area contributed by atoms with Crippen LogP contribution in [-0.4, -0.2) is 25.2 Å². The quantitative estimate of drug-likeness (QED) is 0.336. The number of urea groups is 1. The minimum absolute atomic E-state index is 0.338. The van der Waals surface area contributed by atoms with Crippen LogP contribution in [0.15, 0.2) is 0 Å². The summed E-state index contributed by atoms with van der Waals surface area (Å²) in [7, 11) is 3.16. The van der Waals surface area contributed by atoms with E-state index in [1.807, 2.05) is 0 Å². The number of carbonyl (C=O) groups is 1. The maximum atomic E-state index is 9.48. The smallest absolute Gasteiger partial charge is 0.311 e. The summed E-state index contributed by atoms with van der Waals surface area (Å²) in [6.07, 6.45) is 0. The van der Waals surface area contributed by atoms with Crippen molar-refractivity contribution in [2.45, 2.75) is 0 Å². The van der Waals surface area contributed by atoms with Crippen molar-refractivity contribution in [1.82, 2.24) is 10.6 Å². The van der Waals surface area contributed by atoms with E-state index in [9.17, 15) is 4.79 Å². The maximum Gasteiger partial charge on any atom is 0.311 e. The van der Waals surface area contributed by atoms with Gasteiger partial charge in [0.1, 0.15) is 0 Å². The molecule has 0 radical (unpaired) electrons. The van der Waals surface area contributed by atoms with Gasteiger partial charge in [0, 0.05) is 14.1 Å². The number of hydrogen-bond donors (Lipinski definition) is 4. The van der Waals surface area contributed by atoms with Crippen LogP contribution in [0.25, 0.3) is 0 Å². The number of nitrogens with two attached hydrogens (primary N) is 2. The van der Waals surface area contributed by atoms with Crippen molar-refractivity contribution in [3.8, 4) is 0 Å². The maximum absolute atomic E-state index is 9.48. The summed E-state index contributed by atoms with van der Waals surface area (Å²) in [5, 5.41) is 5.04. The molecule has 60 valence electrons. The molecule has 0 spiro atoms. The van der Waals surface area contributed by atoms with Crippen molar-refractivity contribution in [2.75, 3.05) is 14.1 Å². The Labute approximate surface area is 65.1 Å². The Bertz CT molecular complexity index is 102. The van der Waals surface area contributed by atoms with Gasteiger partial charge in [-0.1, -0.05) is 0 Å². The lowest BCUT2D eigenvalue weighted by Gasteiger charge is -1.85. The molecule has 0 aromatic rings. The van der Waals surface area contributed by atoms with E-state index in [1.165, 1.54) is 7.05 Å². The molecule has 6 N–H and O–H groups in total. The van der Waals surface area contributed by atoms with Crippen LogP contribution >= 0.6 is 12.2 Å². The molecule has 0 fully saturated rings. The summed E-state index contributed by atoms with van der Waals surface area (Å²) < 4.78 is 0. The zero-order valence-electron chi connectivity index (χ0n) is 5.97. The van der Waals surface area contributed by atoms with Crippen molar-refractivity contribution in [2.24, 2.45) is 11.5 Å². The topological polar surface area (TPSA) is 93.2 Å². The SMILES string of the molecule is CNC(N)=O.CNC(N)=S. The van der Waals surface area contributed by atoms with Crippen molar-refractivity contribution >= 4 is 23.4 Å². The fraction of sp³-hybridized carbons (Fsp3) is 0.500. The van der Waals surface area contributed by atoms with Gasteiger partial charge in [0.05, 0.1) is 0 Å². The molecule has 5 nitrogen and oxygen atoms in total. The third-order valence-electron chi connectivity index (χ3n) is 0.493. The summed E-state index contributed by atoms with van der Waals surface area (Å²) in [5.74, 6) is 0. The zero-order valence-corrected chi connectivity index (χ0v) is 6.79. The van der Waals surface area contributed by atoms with E-state index in [0.29, 0.717) is 5.11 Å². The number of carbonyl (C=O) groups excluding carboxylic acids is 1. The number of thiocarbonyl (C=S) groups is 1. The van der Waals surface area contributed by atoms with Crippen molar-refractivity contribution in [3.05, 3.63) is 0 Å². The second-order valence-corrected chi connectivity index (χ2v) is 1.67. The minimum Gasteiger partial charge on any atom is -0.376 e. The Morgan fingerprint density at radius 2 is 1.50 bits per heavy atom. The van der Waals surface area contributed by atoms with Crippen LogP contribution in [0.2, 0.25) is 0 Å². The van der Waals surface area contributed by atoms with Gasteiger partial charge >= 0.3 is 6.03 Å². The van der Waals surface area contributed by atoms with E-state index in [1.54, 1.807) is 7.05 Å². The van der Waals surface area contributed by atoms with Gasteiger partial charge in [-0.3, -0.25) is 0 Å². The first-order chi connectivity index (χ1) is 4.54. The molecule has 6 heteroatoms. The average Bonchev–Trinajstić information content (AvgIpc) is 1.89. The predicted octanol–water partition coefficient (Wildman–Crippen LogP) is -1.27. The van der Waals surface area contributed by atoms with Crippen molar-refractivity contribution < 1.29 is 4.79 Å². The fourth-order valence-electron chi connectivity index (χ4n) is 0. The molecular weight excluding hydrogens is 152 g/mol. The number of amides is 2. The van der Waals surface area contributed by atoms with Crippen LogP contribution in [0.4, 0.5) is 4.79 Å². The van der Waals surface area contributed by atoms with Crippen molar-refractivity contribution in [1.29, 1.82) is 0 Å². The first-order valence-corrected chi connectivity index (χ1v) is 2.89. The Kier molecular flexibility index (Phi) is 9.33. The van der Waals surface area contributed by atoms with Crippen LogP contribution in [-0.2, 0) is 0 Å². The van der Waals surface area contributed by atoms with Crippen LogP contribution < -0.4 is 22.1 Å². The molecule has 0 saturated carbocycles. The Balaban J connectivity index is 0. The first-order valence-electron chi connectivity index (χ1n) is 2.49. The lowest BCUT2D eigenvalue weighted by Crippen LogP contribution is -2.24. The predicted molar refractivity (Wildman–Crippen MR) is 44.5 cm³/mol. The average molecular weight is 164 g/mol. The largest absolute Gasteiger partial charge is 0.376 e. The third-order valence-corrected chi connectivity index (χ3v) is 0.697. The number of nitrogens with one attached hydrogen (secondary N) is 2. The highest BCUT2D eigenvalue weighted by Gasteiger charge is 1.72. The van der Waals surface area contributed by atoms with Gasteiger partial charge in [0.15, 0.2) is 5.11 Å². The molecule has 2 amide bonds. The highest BCUT2D eigenvalue weighted by atomic mass is 32.1. The molecule has 0 saturated heterocycles. The second-order valence-electron chi connectivity index (χ2n) is 1.23. The molecule has 0 aromatic heterocycles. The number of primary amides is 1. The van der Waals surface area contributed by atoms with E-state index in [0.717, 1.165) is 0 Å². The molecule has 0 unspecified atom stereocenters. The van der Waals surface area contributed by atoms with E-state index >= 15 is 0 Å². The van der Waals surface area contributed by atoms with Gasteiger partial charge in [-0.2, -0.15) is 0 Å². The van der Waals surface area contributed by atoms with Gasteiger partial charge in [-0.15, -0.1) is 0 Å². The van der Waals surface area contributed by atoms with E-state index in [2.05, 4.69) is 28.6 Å². The standard InChI is InChI=1S/C2H6N2O.C2H6N2S/c2*1-4-2(3)5/h2*1H3,(H3,3,4,5). The van der Waals surface area contributed by atoms with E-state index in [4.69, 9.17) is 5.73 Å². The molecule has 0 aromatic carbocycles. The Hall–Kier alpha value is -1.04. The molecule has 0 aliphatic rings. The number of hydrogen-bond acceptors (Lipinski definition) is 2. The second kappa shape index (κ2) is 7.96. The lowest BCUT2D eigenvalue weighted by atomic mass is 11.1. The highest BCUT2D eigenvalue weighted by Crippen LogP contribution is 1.43. The Morgan fingerprint density at radius 3 is 1.50 bits per heavy atom. The zero-order chi connectivity index (χ0) is 8.57.